The number of hydrogen-bond acceptors (Lipinski definition) is 6. The lowest BCUT2D eigenvalue weighted by Gasteiger charge is -2.14. The lowest BCUT2D eigenvalue weighted by molar-refractivity contribution is -0.115. The molecule has 2 heterocycles. The van der Waals surface area contributed by atoms with Crippen molar-refractivity contribution in [3.63, 3.8) is 0 Å². The lowest BCUT2D eigenvalue weighted by Crippen LogP contribution is -2.22. The van der Waals surface area contributed by atoms with Crippen LogP contribution < -0.4 is 10.1 Å². The van der Waals surface area contributed by atoms with Crippen molar-refractivity contribution in [1.82, 2.24) is 19.7 Å². The number of rotatable bonds is 9. The first-order valence-corrected chi connectivity index (χ1v) is 12.1. The van der Waals surface area contributed by atoms with Gasteiger partial charge in [0.25, 0.3) is 0 Å². The van der Waals surface area contributed by atoms with Gasteiger partial charge in [0.2, 0.25) is 5.91 Å². The summed E-state index contributed by atoms with van der Waals surface area (Å²) in [6.45, 7) is 2.39. The molecule has 7 nitrogen and oxygen atoms in total. The van der Waals surface area contributed by atoms with Gasteiger partial charge < -0.3 is 10.1 Å². The maximum atomic E-state index is 12.9. The second-order valence-corrected chi connectivity index (χ2v) is 9.50. The van der Waals surface area contributed by atoms with E-state index in [9.17, 15) is 4.79 Å². The van der Waals surface area contributed by atoms with Gasteiger partial charge in [0.15, 0.2) is 11.0 Å². The predicted molar refractivity (Wildman–Crippen MR) is 133 cm³/mol. The van der Waals surface area contributed by atoms with E-state index in [0.29, 0.717) is 12.6 Å². The van der Waals surface area contributed by atoms with Crippen molar-refractivity contribution in [2.75, 3.05) is 5.32 Å². The maximum Gasteiger partial charge on any atom is 0.237 e. The van der Waals surface area contributed by atoms with Gasteiger partial charge in [-0.1, -0.05) is 42.1 Å². The summed E-state index contributed by atoms with van der Waals surface area (Å²) in [4.78, 5) is 16.9. The van der Waals surface area contributed by atoms with Gasteiger partial charge in [-0.15, -0.1) is 10.2 Å². The minimum absolute atomic E-state index is 0.0845. The summed E-state index contributed by atoms with van der Waals surface area (Å²) in [7, 11) is 0. The van der Waals surface area contributed by atoms with Crippen molar-refractivity contribution in [2.24, 2.45) is 0 Å². The van der Waals surface area contributed by atoms with Crippen molar-refractivity contribution >= 4 is 23.4 Å². The van der Waals surface area contributed by atoms with Crippen molar-refractivity contribution in [3.05, 3.63) is 84.7 Å². The Morgan fingerprint density at radius 2 is 1.79 bits per heavy atom. The van der Waals surface area contributed by atoms with Crippen LogP contribution in [0.2, 0.25) is 0 Å². The number of nitrogens with one attached hydrogen (secondary N) is 1. The molecule has 1 aliphatic carbocycles. The van der Waals surface area contributed by atoms with Gasteiger partial charge in [-0.05, 0) is 61.7 Å². The third-order valence-corrected chi connectivity index (χ3v) is 6.59. The number of amides is 1. The quantitative estimate of drug-likeness (QED) is 0.330. The summed E-state index contributed by atoms with van der Waals surface area (Å²) in [5, 5.41) is 12.2. The highest BCUT2D eigenvalue weighted by Gasteiger charge is 2.31. The fourth-order valence-corrected chi connectivity index (χ4v) is 4.47. The number of nitrogens with zero attached hydrogens (tertiary/aromatic N) is 4. The van der Waals surface area contributed by atoms with Gasteiger partial charge in [0.1, 0.15) is 12.4 Å². The van der Waals surface area contributed by atoms with Gasteiger partial charge in [-0.25, -0.2) is 0 Å². The first-order valence-electron chi connectivity index (χ1n) is 11.3. The van der Waals surface area contributed by atoms with Crippen LogP contribution in [0.4, 0.5) is 5.69 Å². The molecular formula is C26H25N5O2S. The molecule has 172 valence electrons. The summed E-state index contributed by atoms with van der Waals surface area (Å²) >= 11 is 1.43. The first kappa shape index (κ1) is 22.2. The monoisotopic (exact) mass is 471 g/mol. The Bertz CT molecular complexity index is 1240. The van der Waals surface area contributed by atoms with Gasteiger partial charge in [0.05, 0.1) is 5.25 Å². The van der Waals surface area contributed by atoms with E-state index in [1.54, 1.807) is 12.4 Å². The molecular weight excluding hydrogens is 446 g/mol. The number of thioether (sulfide) groups is 1. The minimum Gasteiger partial charge on any atom is -0.489 e. The molecule has 1 amide bonds. The smallest absolute Gasteiger partial charge is 0.237 e. The number of anilines is 1. The average molecular weight is 472 g/mol. The highest BCUT2D eigenvalue weighted by Crippen LogP contribution is 2.41. The second-order valence-electron chi connectivity index (χ2n) is 8.19. The fraction of sp³-hybridized carbons (Fsp3) is 0.231. The molecule has 5 rings (SSSR count). The fourth-order valence-electron chi connectivity index (χ4n) is 3.55. The summed E-state index contributed by atoms with van der Waals surface area (Å²) in [6, 6.07) is 21.7. The van der Waals surface area contributed by atoms with Crippen LogP contribution >= 0.6 is 11.8 Å². The highest BCUT2D eigenvalue weighted by molar-refractivity contribution is 8.00. The third kappa shape index (κ3) is 5.28. The highest BCUT2D eigenvalue weighted by atomic mass is 32.2. The molecule has 2 aromatic heterocycles. The van der Waals surface area contributed by atoms with Crippen LogP contribution in [-0.2, 0) is 11.4 Å². The summed E-state index contributed by atoms with van der Waals surface area (Å²) < 4.78 is 7.98. The summed E-state index contributed by atoms with van der Waals surface area (Å²) in [6.07, 6.45) is 5.70. The minimum atomic E-state index is -0.332. The first-order chi connectivity index (χ1) is 16.7. The normalized spacial score (nSPS) is 13.9. The Labute approximate surface area is 202 Å². The molecule has 1 aliphatic rings. The molecule has 1 atom stereocenters. The topological polar surface area (TPSA) is 81.9 Å². The lowest BCUT2D eigenvalue weighted by atomic mass is 10.2. The number of carbonyl (C=O) groups is 1. The van der Waals surface area contributed by atoms with E-state index in [1.165, 1.54) is 11.8 Å². The van der Waals surface area contributed by atoms with Gasteiger partial charge in [-0.3, -0.25) is 14.3 Å². The van der Waals surface area contributed by atoms with Crippen molar-refractivity contribution in [3.8, 4) is 17.1 Å². The Morgan fingerprint density at radius 1 is 1.06 bits per heavy atom. The van der Waals surface area contributed by atoms with Crippen LogP contribution in [0.25, 0.3) is 11.4 Å². The van der Waals surface area contributed by atoms with Crippen molar-refractivity contribution in [1.29, 1.82) is 0 Å². The van der Waals surface area contributed by atoms with Gasteiger partial charge in [0, 0.05) is 29.7 Å². The average Bonchev–Trinajstić information content (AvgIpc) is 3.64. The van der Waals surface area contributed by atoms with E-state index in [0.717, 1.165) is 46.4 Å². The molecule has 4 aromatic rings. The zero-order valence-electron chi connectivity index (χ0n) is 18.8. The van der Waals surface area contributed by atoms with Crippen LogP contribution in [-0.4, -0.2) is 30.9 Å². The van der Waals surface area contributed by atoms with Crippen LogP contribution in [0.1, 0.15) is 31.4 Å². The molecule has 0 saturated heterocycles. The SMILES string of the molecule is C[C@@H](Sc1nnc(-c2ccncc2)n1C1CC1)C(=O)Nc1ccc(OCc2ccccc2)cc1. The van der Waals surface area contributed by atoms with Gasteiger partial charge in [-0.2, -0.15) is 0 Å². The van der Waals surface area contributed by atoms with E-state index < -0.39 is 0 Å². The van der Waals surface area contributed by atoms with E-state index in [-0.39, 0.29) is 11.2 Å². The number of ether oxygens (including phenoxy) is 1. The van der Waals surface area contributed by atoms with Gasteiger partial charge >= 0.3 is 0 Å². The molecule has 2 aromatic carbocycles. The molecule has 0 bridgehead atoms. The number of hydrogen-bond donors (Lipinski definition) is 1. The maximum absolute atomic E-state index is 12.9. The molecule has 1 fully saturated rings. The molecule has 8 heteroatoms. The largest absolute Gasteiger partial charge is 0.489 e. The molecule has 1 saturated carbocycles. The predicted octanol–water partition coefficient (Wildman–Crippen LogP) is 5.37. The Morgan fingerprint density at radius 3 is 2.50 bits per heavy atom. The van der Waals surface area contributed by atoms with Crippen molar-refractivity contribution in [2.45, 2.75) is 42.8 Å². The van der Waals surface area contributed by atoms with E-state index in [1.807, 2.05) is 73.7 Å². The number of carbonyl (C=O) groups excluding carboxylic acids is 1. The third-order valence-electron chi connectivity index (χ3n) is 5.54. The Balaban J connectivity index is 1.20. The van der Waals surface area contributed by atoms with E-state index in [2.05, 4.69) is 25.1 Å². The Kier molecular flexibility index (Phi) is 6.58. The Hall–Kier alpha value is -3.65. The van der Waals surface area contributed by atoms with Crippen LogP contribution in [0, 0.1) is 0 Å². The molecule has 0 unspecified atom stereocenters. The van der Waals surface area contributed by atoms with Crippen molar-refractivity contribution < 1.29 is 9.53 Å². The van der Waals surface area contributed by atoms with Crippen LogP contribution in [0.15, 0.2) is 84.3 Å². The summed E-state index contributed by atoms with van der Waals surface area (Å²) in [5.74, 6) is 1.50. The van der Waals surface area contributed by atoms with E-state index in [4.69, 9.17) is 4.74 Å². The molecule has 0 aliphatic heterocycles. The second kappa shape index (κ2) is 10.1. The van der Waals surface area contributed by atoms with Crippen LogP contribution in [0.3, 0.4) is 0 Å². The number of benzene rings is 2. The molecule has 0 spiro atoms. The molecule has 1 N–H and O–H groups in total. The molecule has 34 heavy (non-hydrogen) atoms. The van der Waals surface area contributed by atoms with Crippen LogP contribution in [0.5, 0.6) is 5.75 Å². The summed E-state index contributed by atoms with van der Waals surface area (Å²) in [5.41, 5.74) is 2.82. The van der Waals surface area contributed by atoms with E-state index >= 15 is 0 Å². The zero-order valence-corrected chi connectivity index (χ0v) is 19.6. The molecule has 0 radical (unpaired) electrons. The number of pyridine rings is 1. The number of aromatic nitrogens is 4. The standard InChI is InChI=1S/C26H25N5O2S/c1-18(34-26-30-29-24(31(26)22-9-10-22)20-13-15-27-16-14-20)25(32)28-21-7-11-23(12-8-21)33-17-19-5-3-2-4-6-19/h2-8,11-16,18,22H,9-10,17H2,1H3,(H,28,32)/t18-/m1/s1. The zero-order chi connectivity index (χ0) is 23.3.